The summed E-state index contributed by atoms with van der Waals surface area (Å²) in [4.78, 5) is 26.9. The first kappa shape index (κ1) is 22.1. The Kier molecular flexibility index (Phi) is 8.67. The Morgan fingerprint density at radius 1 is 1.21 bits per heavy atom. The molecule has 6 heteroatoms. The smallest absolute Gasteiger partial charge is 0.243 e. The van der Waals surface area contributed by atoms with E-state index in [0.717, 1.165) is 31.4 Å². The van der Waals surface area contributed by atoms with Gasteiger partial charge in [0.15, 0.2) is 0 Å². The molecule has 0 aliphatic heterocycles. The Bertz CT molecular complexity index is 652. The first-order chi connectivity index (χ1) is 13.4. The lowest BCUT2D eigenvalue weighted by molar-refractivity contribution is -0.126. The molecule has 1 atom stereocenters. The maximum atomic E-state index is 12.7. The summed E-state index contributed by atoms with van der Waals surface area (Å²) in [5.74, 6) is -0.267. The van der Waals surface area contributed by atoms with Gasteiger partial charge in [0.05, 0.1) is 11.6 Å². The highest BCUT2D eigenvalue weighted by Crippen LogP contribution is 2.27. The number of benzene rings is 1. The number of nitrogens with one attached hydrogen (secondary N) is 2. The molecule has 1 aromatic carbocycles. The summed E-state index contributed by atoms with van der Waals surface area (Å²) in [6.45, 7) is 1.55. The predicted molar refractivity (Wildman–Crippen MR) is 113 cm³/mol. The van der Waals surface area contributed by atoms with Crippen molar-refractivity contribution in [2.24, 2.45) is 5.73 Å². The van der Waals surface area contributed by atoms with Gasteiger partial charge in [0.1, 0.15) is 0 Å². The van der Waals surface area contributed by atoms with Crippen LogP contribution in [0, 0.1) is 0 Å². The number of carbonyl (C=O) groups excluding carboxylic acids is 2. The lowest BCUT2D eigenvalue weighted by Crippen LogP contribution is -2.54. The largest absolute Gasteiger partial charge is 0.353 e. The van der Waals surface area contributed by atoms with Crippen molar-refractivity contribution in [2.75, 3.05) is 27.2 Å². The zero-order valence-electron chi connectivity index (χ0n) is 17.1. The second-order valence-corrected chi connectivity index (χ2v) is 7.94. The summed E-state index contributed by atoms with van der Waals surface area (Å²) in [5, 5.41) is 5.93. The molecule has 2 rings (SSSR count). The van der Waals surface area contributed by atoms with Crippen molar-refractivity contribution in [1.82, 2.24) is 15.5 Å². The van der Waals surface area contributed by atoms with Gasteiger partial charge in [-0.25, -0.2) is 0 Å². The van der Waals surface area contributed by atoms with Crippen LogP contribution in [0.1, 0.15) is 37.7 Å². The highest BCUT2D eigenvalue weighted by Gasteiger charge is 2.37. The number of hydrogen-bond acceptors (Lipinski definition) is 4. The number of carbonyl (C=O) groups is 2. The fourth-order valence-corrected chi connectivity index (χ4v) is 3.45. The van der Waals surface area contributed by atoms with Crippen LogP contribution in [0.25, 0.3) is 0 Å². The van der Waals surface area contributed by atoms with Gasteiger partial charge in [0.25, 0.3) is 0 Å². The number of rotatable bonds is 10. The van der Waals surface area contributed by atoms with Crippen LogP contribution in [-0.2, 0) is 16.0 Å². The average molecular weight is 387 g/mol. The van der Waals surface area contributed by atoms with Crippen molar-refractivity contribution in [3.05, 3.63) is 48.0 Å². The molecule has 4 N–H and O–H groups in total. The van der Waals surface area contributed by atoms with Gasteiger partial charge in [0.2, 0.25) is 11.8 Å². The molecule has 0 saturated heterocycles. The van der Waals surface area contributed by atoms with E-state index in [-0.39, 0.29) is 17.9 Å². The van der Waals surface area contributed by atoms with Crippen LogP contribution in [0.2, 0.25) is 0 Å². The second kappa shape index (κ2) is 11.0. The number of hydrogen-bond donors (Lipinski definition) is 3. The van der Waals surface area contributed by atoms with Gasteiger partial charge < -0.3 is 21.3 Å². The van der Waals surface area contributed by atoms with Crippen LogP contribution in [0.5, 0.6) is 0 Å². The van der Waals surface area contributed by atoms with Crippen molar-refractivity contribution in [1.29, 1.82) is 0 Å². The topological polar surface area (TPSA) is 87.5 Å². The van der Waals surface area contributed by atoms with Gasteiger partial charge >= 0.3 is 0 Å². The highest BCUT2D eigenvalue weighted by atomic mass is 16.2. The van der Waals surface area contributed by atoms with Crippen LogP contribution in [0.3, 0.4) is 0 Å². The molecule has 1 aliphatic carbocycles. The minimum absolute atomic E-state index is 0.123. The maximum absolute atomic E-state index is 12.7. The van der Waals surface area contributed by atoms with Crippen LogP contribution in [0.15, 0.2) is 42.5 Å². The molecule has 1 fully saturated rings. The van der Waals surface area contributed by atoms with Crippen molar-refractivity contribution < 1.29 is 9.59 Å². The van der Waals surface area contributed by atoms with E-state index in [1.807, 2.05) is 44.4 Å². The van der Waals surface area contributed by atoms with Gasteiger partial charge in [-0.05, 0) is 51.9 Å². The lowest BCUT2D eigenvalue weighted by Gasteiger charge is -2.25. The molecule has 1 unspecified atom stereocenters. The van der Waals surface area contributed by atoms with E-state index in [1.165, 1.54) is 6.08 Å². The molecule has 6 nitrogen and oxygen atoms in total. The van der Waals surface area contributed by atoms with E-state index in [9.17, 15) is 9.59 Å². The fraction of sp³-hybridized carbons (Fsp3) is 0.545. The van der Waals surface area contributed by atoms with E-state index in [0.29, 0.717) is 25.8 Å². The summed E-state index contributed by atoms with van der Waals surface area (Å²) in [5.41, 5.74) is 6.60. The van der Waals surface area contributed by atoms with E-state index >= 15 is 0 Å². The third kappa shape index (κ3) is 7.44. The molecule has 154 valence electrons. The van der Waals surface area contributed by atoms with Crippen LogP contribution < -0.4 is 16.4 Å². The zero-order valence-corrected chi connectivity index (χ0v) is 17.1. The van der Waals surface area contributed by atoms with E-state index in [4.69, 9.17) is 5.73 Å². The summed E-state index contributed by atoms with van der Waals surface area (Å²) < 4.78 is 0. The SMILES string of the molecule is CN(C)CCCNC(=O)C=CC(Cc1ccccc1)NC(=O)C1(N)CCCC1. The summed E-state index contributed by atoms with van der Waals surface area (Å²) >= 11 is 0. The first-order valence-corrected chi connectivity index (χ1v) is 10.1. The molecule has 0 aromatic heterocycles. The van der Waals surface area contributed by atoms with Gasteiger partial charge in [-0.2, -0.15) is 0 Å². The standard InChI is InChI=1S/C22H34N4O2/c1-26(2)16-8-15-24-20(27)12-11-19(17-18-9-4-3-5-10-18)25-21(28)22(23)13-6-7-14-22/h3-5,9-12,19H,6-8,13-17,23H2,1-2H3,(H,24,27)(H,25,28). The second-order valence-electron chi connectivity index (χ2n) is 7.94. The quantitative estimate of drug-likeness (QED) is 0.421. The normalized spacial score (nSPS) is 17.0. The van der Waals surface area contributed by atoms with Crippen LogP contribution >= 0.6 is 0 Å². The number of amides is 2. The van der Waals surface area contributed by atoms with Crippen molar-refractivity contribution in [2.45, 2.75) is 50.1 Å². The molecule has 1 aromatic rings. The Balaban J connectivity index is 1.95. The Morgan fingerprint density at radius 3 is 2.54 bits per heavy atom. The Morgan fingerprint density at radius 2 is 1.89 bits per heavy atom. The molecule has 2 amide bonds. The molecule has 1 aliphatic rings. The molecule has 0 radical (unpaired) electrons. The van der Waals surface area contributed by atoms with E-state index in [1.54, 1.807) is 6.08 Å². The van der Waals surface area contributed by atoms with Crippen molar-refractivity contribution in [3.63, 3.8) is 0 Å². The Labute approximate surface area is 168 Å². The maximum Gasteiger partial charge on any atom is 0.243 e. The fourth-order valence-electron chi connectivity index (χ4n) is 3.45. The number of nitrogens with zero attached hydrogens (tertiary/aromatic N) is 1. The minimum Gasteiger partial charge on any atom is -0.353 e. The molecule has 1 saturated carbocycles. The molecule has 28 heavy (non-hydrogen) atoms. The number of nitrogens with two attached hydrogens (primary N) is 1. The summed E-state index contributed by atoms with van der Waals surface area (Å²) in [6, 6.07) is 9.66. The average Bonchev–Trinajstić information content (AvgIpc) is 3.12. The molecule has 0 heterocycles. The molecular weight excluding hydrogens is 352 g/mol. The predicted octanol–water partition coefficient (Wildman–Crippen LogP) is 1.61. The highest BCUT2D eigenvalue weighted by molar-refractivity contribution is 5.88. The van der Waals surface area contributed by atoms with Crippen molar-refractivity contribution >= 4 is 11.8 Å². The van der Waals surface area contributed by atoms with Gasteiger partial charge in [-0.1, -0.05) is 49.2 Å². The van der Waals surface area contributed by atoms with Crippen LogP contribution in [0.4, 0.5) is 0 Å². The molecule has 0 spiro atoms. The first-order valence-electron chi connectivity index (χ1n) is 10.1. The van der Waals surface area contributed by atoms with E-state index in [2.05, 4.69) is 15.5 Å². The minimum atomic E-state index is -0.781. The lowest BCUT2D eigenvalue weighted by atomic mass is 9.96. The molecule has 0 bridgehead atoms. The zero-order chi connectivity index (χ0) is 20.4. The van der Waals surface area contributed by atoms with Gasteiger partial charge in [0, 0.05) is 12.6 Å². The van der Waals surface area contributed by atoms with Crippen LogP contribution in [-0.4, -0.2) is 55.5 Å². The summed E-state index contributed by atoms with van der Waals surface area (Å²) in [7, 11) is 4.01. The van der Waals surface area contributed by atoms with Gasteiger partial charge in [-0.3, -0.25) is 9.59 Å². The third-order valence-corrected chi connectivity index (χ3v) is 5.12. The monoisotopic (exact) mass is 386 g/mol. The van der Waals surface area contributed by atoms with Gasteiger partial charge in [-0.15, -0.1) is 0 Å². The third-order valence-electron chi connectivity index (χ3n) is 5.12. The van der Waals surface area contributed by atoms with E-state index < -0.39 is 5.54 Å². The Hall–Kier alpha value is -2.18. The summed E-state index contributed by atoms with van der Waals surface area (Å²) in [6.07, 6.45) is 8.20. The van der Waals surface area contributed by atoms with Crippen molar-refractivity contribution in [3.8, 4) is 0 Å². The molecular formula is C22H34N4O2.